The van der Waals surface area contributed by atoms with Gasteiger partial charge >= 0.3 is 0 Å². The zero-order valence-electron chi connectivity index (χ0n) is 11.0. The molecule has 0 bridgehead atoms. The third-order valence-electron chi connectivity index (χ3n) is 3.15. The summed E-state index contributed by atoms with van der Waals surface area (Å²) in [6.07, 6.45) is 2.30. The van der Waals surface area contributed by atoms with Gasteiger partial charge in [-0.25, -0.2) is 8.78 Å². The quantitative estimate of drug-likeness (QED) is 0.915. The second kappa shape index (κ2) is 5.89. The largest absolute Gasteiger partial charge is 0.311 e. The highest BCUT2D eigenvalue weighted by atomic mass is 19.2. The van der Waals surface area contributed by atoms with Crippen LogP contribution in [0.5, 0.6) is 0 Å². The summed E-state index contributed by atoms with van der Waals surface area (Å²) in [7, 11) is 1.83. The van der Waals surface area contributed by atoms with Crippen LogP contribution in [0.25, 0.3) is 0 Å². The molecular weight excluding hydrogens is 246 g/mol. The van der Waals surface area contributed by atoms with Crippen LogP contribution in [0.3, 0.4) is 0 Å². The van der Waals surface area contributed by atoms with Crippen LogP contribution in [0.2, 0.25) is 0 Å². The molecule has 1 heterocycles. The molecule has 0 aliphatic rings. The van der Waals surface area contributed by atoms with E-state index in [9.17, 15) is 8.78 Å². The maximum Gasteiger partial charge on any atom is 0.159 e. The van der Waals surface area contributed by atoms with E-state index in [0.29, 0.717) is 6.42 Å². The van der Waals surface area contributed by atoms with E-state index in [4.69, 9.17) is 0 Å². The van der Waals surface area contributed by atoms with Gasteiger partial charge in [0.05, 0.1) is 11.7 Å². The number of rotatable bonds is 4. The Labute approximate surface area is 111 Å². The Bertz CT molecular complexity index is 570. The Balaban J connectivity index is 2.24. The summed E-state index contributed by atoms with van der Waals surface area (Å²) in [5.74, 6) is -1.64. The van der Waals surface area contributed by atoms with Gasteiger partial charge in [-0.3, -0.25) is 4.98 Å². The first kappa shape index (κ1) is 13.6. The summed E-state index contributed by atoms with van der Waals surface area (Å²) in [4.78, 5) is 4.36. The lowest BCUT2D eigenvalue weighted by atomic mass is 10.00. The molecule has 0 saturated carbocycles. The molecule has 1 N–H and O–H groups in total. The monoisotopic (exact) mass is 262 g/mol. The fourth-order valence-electron chi connectivity index (χ4n) is 2.10. The van der Waals surface area contributed by atoms with E-state index in [1.165, 1.54) is 6.07 Å². The number of nitrogens with one attached hydrogen (secondary N) is 1. The smallest absolute Gasteiger partial charge is 0.159 e. The van der Waals surface area contributed by atoms with Crippen molar-refractivity contribution in [1.29, 1.82) is 0 Å². The van der Waals surface area contributed by atoms with Crippen molar-refractivity contribution >= 4 is 0 Å². The topological polar surface area (TPSA) is 24.9 Å². The van der Waals surface area contributed by atoms with Crippen molar-refractivity contribution in [2.45, 2.75) is 19.4 Å². The van der Waals surface area contributed by atoms with Gasteiger partial charge in [-0.1, -0.05) is 12.1 Å². The molecule has 2 rings (SSSR count). The van der Waals surface area contributed by atoms with E-state index < -0.39 is 11.6 Å². The molecule has 0 aliphatic heterocycles. The van der Waals surface area contributed by atoms with Gasteiger partial charge in [0.15, 0.2) is 11.6 Å². The Morgan fingerprint density at radius 1 is 1.21 bits per heavy atom. The first-order valence-corrected chi connectivity index (χ1v) is 6.14. The second-order valence-electron chi connectivity index (χ2n) is 4.50. The van der Waals surface area contributed by atoms with Crippen molar-refractivity contribution in [3.8, 4) is 0 Å². The highest BCUT2D eigenvalue weighted by Gasteiger charge is 2.14. The van der Waals surface area contributed by atoms with Crippen molar-refractivity contribution in [3.05, 3.63) is 65.0 Å². The average Bonchev–Trinajstić information content (AvgIpc) is 2.41. The van der Waals surface area contributed by atoms with Gasteiger partial charge in [-0.05, 0) is 49.7 Å². The van der Waals surface area contributed by atoms with Gasteiger partial charge in [0.2, 0.25) is 0 Å². The van der Waals surface area contributed by atoms with E-state index >= 15 is 0 Å². The van der Waals surface area contributed by atoms with Crippen LogP contribution in [0.4, 0.5) is 8.78 Å². The van der Waals surface area contributed by atoms with Crippen LogP contribution in [-0.2, 0) is 6.42 Å². The second-order valence-corrected chi connectivity index (χ2v) is 4.50. The lowest BCUT2D eigenvalue weighted by molar-refractivity contribution is 0.504. The van der Waals surface area contributed by atoms with Crippen molar-refractivity contribution in [3.63, 3.8) is 0 Å². The number of halogens is 2. The summed E-state index contributed by atoms with van der Waals surface area (Å²) >= 11 is 0. The lowest BCUT2D eigenvalue weighted by Crippen LogP contribution is -2.21. The third-order valence-corrected chi connectivity index (χ3v) is 3.15. The number of hydrogen-bond donors (Lipinski definition) is 1. The van der Waals surface area contributed by atoms with Crippen LogP contribution in [0, 0.1) is 18.6 Å². The normalized spacial score (nSPS) is 12.4. The molecular formula is C15H16F2N2. The number of likely N-dealkylation sites (N-methyl/N-ethyl adjacent to an activating group) is 1. The molecule has 2 nitrogen and oxygen atoms in total. The summed E-state index contributed by atoms with van der Waals surface area (Å²) < 4.78 is 26.1. The van der Waals surface area contributed by atoms with Crippen molar-refractivity contribution in [2.75, 3.05) is 7.05 Å². The first-order valence-electron chi connectivity index (χ1n) is 6.14. The van der Waals surface area contributed by atoms with Crippen LogP contribution in [-0.4, -0.2) is 12.0 Å². The Kier molecular flexibility index (Phi) is 4.22. The number of aryl methyl sites for hydroxylation is 1. The fraction of sp³-hybridized carbons (Fsp3) is 0.267. The molecule has 4 heteroatoms. The minimum Gasteiger partial charge on any atom is -0.311 e. The maximum atomic E-state index is 13.2. The molecule has 1 atom stereocenters. The Morgan fingerprint density at radius 2 is 2.00 bits per heavy atom. The van der Waals surface area contributed by atoms with Crippen molar-refractivity contribution in [2.24, 2.45) is 0 Å². The minimum atomic E-state index is -0.821. The van der Waals surface area contributed by atoms with Crippen LogP contribution < -0.4 is 5.32 Å². The lowest BCUT2D eigenvalue weighted by Gasteiger charge is -2.17. The number of hydrogen-bond acceptors (Lipinski definition) is 2. The van der Waals surface area contributed by atoms with Gasteiger partial charge in [-0.15, -0.1) is 0 Å². The molecule has 1 unspecified atom stereocenters. The van der Waals surface area contributed by atoms with Crippen LogP contribution in [0.15, 0.2) is 36.5 Å². The molecule has 2 aromatic rings. The van der Waals surface area contributed by atoms with Gasteiger partial charge in [-0.2, -0.15) is 0 Å². The highest BCUT2D eigenvalue weighted by molar-refractivity contribution is 5.25. The Hall–Kier alpha value is -1.81. The molecule has 1 aromatic heterocycles. The summed E-state index contributed by atoms with van der Waals surface area (Å²) in [6, 6.07) is 7.83. The number of pyridine rings is 1. The predicted octanol–water partition coefficient (Wildman–Crippen LogP) is 3.17. The summed E-state index contributed by atoms with van der Waals surface area (Å²) in [5.41, 5.74) is 2.74. The van der Waals surface area contributed by atoms with Gasteiger partial charge in [0.1, 0.15) is 0 Å². The summed E-state index contributed by atoms with van der Waals surface area (Å²) in [5, 5.41) is 3.16. The predicted molar refractivity (Wildman–Crippen MR) is 70.8 cm³/mol. The van der Waals surface area contributed by atoms with Crippen molar-refractivity contribution in [1.82, 2.24) is 10.3 Å². The molecule has 0 amide bonds. The fourth-order valence-corrected chi connectivity index (χ4v) is 2.10. The van der Waals surface area contributed by atoms with E-state index in [-0.39, 0.29) is 6.04 Å². The minimum absolute atomic E-state index is 0.0222. The third kappa shape index (κ3) is 3.15. The van der Waals surface area contributed by atoms with E-state index in [1.54, 1.807) is 12.3 Å². The molecule has 100 valence electrons. The van der Waals surface area contributed by atoms with E-state index in [1.807, 2.05) is 26.1 Å². The molecule has 0 radical (unpaired) electrons. The van der Waals surface area contributed by atoms with E-state index in [0.717, 1.165) is 22.9 Å². The molecule has 19 heavy (non-hydrogen) atoms. The molecule has 0 fully saturated rings. The van der Waals surface area contributed by atoms with Gasteiger partial charge in [0.25, 0.3) is 0 Å². The van der Waals surface area contributed by atoms with Gasteiger partial charge < -0.3 is 5.32 Å². The van der Waals surface area contributed by atoms with Crippen molar-refractivity contribution < 1.29 is 8.78 Å². The Morgan fingerprint density at radius 3 is 2.63 bits per heavy atom. The zero-order chi connectivity index (χ0) is 13.8. The highest BCUT2D eigenvalue weighted by Crippen LogP contribution is 2.20. The van der Waals surface area contributed by atoms with Gasteiger partial charge in [0, 0.05) is 6.20 Å². The van der Waals surface area contributed by atoms with E-state index in [2.05, 4.69) is 10.3 Å². The van der Waals surface area contributed by atoms with Crippen LogP contribution >= 0.6 is 0 Å². The first-order chi connectivity index (χ1) is 9.11. The summed E-state index contributed by atoms with van der Waals surface area (Å²) in [6.45, 7) is 1.98. The maximum absolute atomic E-state index is 13.2. The molecule has 0 aliphatic carbocycles. The number of benzene rings is 1. The zero-order valence-corrected chi connectivity index (χ0v) is 11.0. The molecule has 1 aromatic carbocycles. The number of aromatic nitrogens is 1. The average molecular weight is 262 g/mol. The molecule has 0 saturated heterocycles. The standard InChI is InChI=1S/C15H16F2N2/c1-10-4-3-7-19-15(10)14(18-2)9-11-5-6-12(16)13(17)8-11/h3-8,14,18H,9H2,1-2H3. The molecule has 0 spiro atoms. The van der Waals surface area contributed by atoms with Crippen LogP contribution in [0.1, 0.15) is 22.9 Å². The number of nitrogens with zero attached hydrogens (tertiary/aromatic N) is 1. The SMILES string of the molecule is CNC(Cc1ccc(F)c(F)c1)c1ncccc1C.